The maximum atomic E-state index is 5.83. The van der Waals surface area contributed by atoms with Crippen LogP contribution < -0.4 is 15.0 Å². The summed E-state index contributed by atoms with van der Waals surface area (Å²) in [5, 5.41) is 3.49. The second-order valence-electron chi connectivity index (χ2n) is 6.69. The fourth-order valence-electron chi connectivity index (χ4n) is 3.80. The van der Waals surface area contributed by atoms with Crippen molar-refractivity contribution in [2.45, 2.75) is 19.3 Å². The Balaban J connectivity index is 1.39. The molecule has 2 aliphatic rings. The topological polar surface area (TPSA) is 50.3 Å². The Bertz CT molecular complexity index is 649. The maximum absolute atomic E-state index is 5.83. The van der Waals surface area contributed by atoms with Gasteiger partial charge in [0, 0.05) is 25.4 Å². The lowest BCUT2D eigenvalue weighted by Gasteiger charge is -2.34. The molecule has 2 aliphatic heterocycles. The van der Waals surface area contributed by atoms with E-state index in [1.54, 1.807) is 6.20 Å². The summed E-state index contributed by atoms with van der Waals surface area (Å²) in [6.07, 6.45) is 5.59. The van der Waals surface area contributed by atoms with E-state index in [2.05, 4.69) is 20.2 Å². The standard InChI is InChI=1S/C19H24N4O/c1-2-4-17(5-3-1)24-18-7-11-21-19(22-18)23-12-8-15(9-13-23)16-6-10-20-14-16/h1-5,7,11,15-16,20H,6,8-10,12-14H2. The highest BCUT2D eigenvalue weighted by molar-refractivity contribution is 5.34. The number of nitrogens with zero attached hydrogens (tertiary/aromatic N) is 3. The minimum absolute atomic E-state index is 0.605. The number of para-hydroxylation sites is 1. The number of ether oxygens (including phenoxy) is 1. The van der Waals surface area contributed by atoms with Gasteiger partial charge in [0.15, 0.2) is 0 Å². The summed E-state index contributed by atoms with van der Waals surface area (Å²) in [5.74, 6) is 3.90. The number of hydrogen-bond acceptors (Lipinski definition) is 5. The fraction of sp³-hybridized carbons (Fsp3) is 0.474. The summed E-state index contributed by atoms with van der Waals surface area (Å²) in [7, 11) is 0. The van der Waals surface area contributed by atoms with Gasteiger partial charge in [0.05, 0.1) is 0 Å². The van der Waals surface area contributed by atoms with Crippen LogP contribution in [0.2, 0.25) is 0 Å². The first-order chi connectivity index (χ1) is 11.9. The summed E-state index contributed by atoms with van der Waals surface area (Å²) < 4.78 is 5.83. The number of aromatic nitrogens is 2. The lowest BCUT2D eigenvalue weighted by Crippen LogP contribution is -2.37. The first-order valence-corrected chi connectivity index (χ1v) is 8.90. The molecule has 0 amide bonds. The third-order valence-electron chi connectivity index (χ3n) is 5.17. The zero-order valence-corrected chi connectivity index (χ0v) is 13.9. The molecule has 3 heterocycles. The van der Waals surface area contributed by atoms with Gasteiger partial charge in [0.1, 0.15) is 5.75 Å². The molecule has 2 fully saturated rings. The van der Waals surface area contributed by atoms with Crippen molar-refractivity contribution in [2.75, 3.05) is 31.1 Å². The molecule has 2 aromatic rings. The van der Waals surface area contributed by atoms with Crippen LogP contribution in [0.1, 0.15) is 19.3 Å². The van der Waals surface area contributed by atoms with E-state index in [4.69, 9.17) is 4.74 Å². The van der Waals surface area contributed by atoms with E-state index >= 15 is 0 Å². The molecule has 1 unspecified atom stereocenters. The highest BCUT2D eigenvalue weighted by atomic mass is 16.5. The Hall–Kier alpha value is -2.14. The van der Waals surface area contributed by atoms with Crippen molar-refractivity contribution in [3.05, 3.63) is 42.6 Å². The van der Waals surface area contributed by atoms with Gasteiger partial charge in [-0.1, -0.05) is 18.2 Å². The van der Waals surface area contributed by atoms with Gasteiger partial charge in [-0.15, -0.1) is 0 Å². The largest absolute Gasteiger partial charge is 0.439 e. The predicted octanol–water partition coefficient (Wildman–Crippen LogP) is 3.09. The van der Waals surface area contributed by atoms with Gasteiger partial charge in [-0.3, -0.25) is 0 Å². The van der Waals surface area contributed by atoms with E-state index < -0.39 is 0 Å². The van der Waals surface area contributed by atoms with Crippen LogP contribution in [0.3, 0.4) is 0 Å². The first kappa shape index (κ1) is 15.4. The van der Waals surface area contributed by atoms with Gasteiger partial charge in [-0.05, 0) is 56.3 Å². The molecule has 1 aromatic heterocycles. The summed E-state index contributed by atoms with van der Waals surface area (Å²) in [5.41, 5.74) is 0. The van der Waals surface area contributed by atoms with Crippen LogP contribution in [-0.2, 0) is 0 Å². The smallest absolute Gasteiger partial charge is 0.228 e. The Kier molecular flexibility index (Phi) is 4.60. The molecule has 2 saturated heterocycles. The van der Waals surface area contributed by atoms with Crippen molar-refractivity contribution in [3.8, 4) is 11.6 Å². The number of nitrogens with one attached hydrogen (secondary N) is 1. The average molecular weight is 324 g/mol. The summed E-state index contributed by atoms with van der Waals surface area (Å²) in [4.78, 5) is 11.3. The molecular weight excluding hydrogens is 300 g/mol. The van der Waals surface area contributed by atoms with Crippen LogP contribution in [0.5, 0.6) is 11.6 Å². The van der Waals surface area contributed by atoms with Crippen LogP contribution in [0, 0.1) is 11.8 Å². The molecule has 24 heavy (non-hydrogen) atoms. The highest BCUT2D eigenvalue weighted by Gasteiger charge is 2.29. The normalized spacial score (nSPS) is 21.8. The van der Waals surface area contributed by atoms with E-state index in [1.165, 1.54) is 32.4 Å². The first-order valence-electron chi connectivity index (χ1n) is 8.90. The average Bonchev–Trinajstić information content (AvgIpc) is 3.18. The zero-order chi connectivity index (χ0) is 16.2. The second-order valence-corrected chi connectivity index (χ2v) is 6.69. The quantitative estimate of drug-likeness (QED) is 0.936. The molecule has 5 nitrogen and oxygen atoms in total. The molecular formula is C19H24N4O. The minimum atomic E-state index is 0.605. The number of piperidine rings is 1. The van der Waals surface area contributed by atoms with Gasteiger partial charge in [0.25, 0.3) is 0 Å². The van der Waals surface area contributed by atoms with E-state index in [9.17, 15) is 0 Å². The van der Waals surface area contributed by atoms with Crippen LogP contribution >= 0.6 is 0 Å². The van der Waals surface area contributed by atoms with Crippen LogP contribution in [-0.4, -0.2) is 36.1 Å². The number of hydrogen-bond donors (Lipinski definition) is 1. The molecule has 5 heteroatoms. The van der Waals surface area contributed by atoms with Gasteiger partial charge >= 0.3 is 0 Å². The Morgan fingerprint density at radius 1 is 1.00 bits per heavy atom. The van der Waals surface area contributed by atoms with Gasteiger partial charge in [0.2, 0.25) is 11.8 Å². The van der Waals surface area contributed by atoms with Crippen molar-refractivity contribution in [1.82, 2.24) is 15.3 Å². The van der Waals surface area contributed by atoms with Gasteiger partial charge < -0.3 is 15.0 Å². The van der Waals surface area contributed by atoms with Crippen molar-refractivity contribution in [3.63, 3.8) is 0 Å². The molecule has 126 valence electrons. The van der Waals surface area contributed by atoms with Crippen molar-refractivity contribution in [2.24, 2.45) is 11.8 Å². The maximum Gasteiger partial charge on any atom is 0.228 e. The van der Waals surface area contributed by atoms with E-state index in [-0.39, 0.29) is 0 Å². The second kappa shape index (κ2) is 7.18. The lowest BCUT2D eigenvalue weighted by molar-refractivity contribution is 0.290. The highest BCUT2D eigenvalue weighted by Crippen LogP contribution is 2.30. The van der Waals surface area contributed by atoms with Gasteiger partial charge in [-0.25, -0.2) is 4.98 Å². The Morgan fingerprint density at radius 2 is 1.83 bits per heavy atom. The van der Waals surface area contributed by atoms with E-state index in [0.717, 1.165) is 36.6 Å². The summed E-state index contributed by atoms with van der Waals surface area (Å²) in [6, 6.07) is 11.6. The van der Waals surface area contributed by atoms with Gasteiger partial charge in [-0.2, -0.15) is 4.98 Å². The molecule has 0 saturated carbocycles. The number of rotatable bonds is 4. The Labute approximate surface area is 143 Å². The molecule has 1 aromatic carbocycles. The van der Waals surface area contributed by atoms with E-state index in [1.807, 2.05) is 36.4 Å². The lowest BCUT2D eigenvalue weighted by atomic mass is 9.84. The number of anilines is 1. The summed E-state index contributed by atoms with van der Waals surface area (Å²) >= 11 is 0. The van der Waals surface area contributed by atoms with Crippen LogP contribution in [0.15, 0.2) is 42.6 Å². The molecule has 0 aliphatic carbocycles. The monoisotopic (exact) mass is 324 g/mol. The minimum Gasteiger partial charge on any atom is -0.439 e. The number of benzene rings is 1. The zero-order valence-electron chi connectivity index (χ0n) is 13.9. The third-order valence-corrected chi connectivity index (χ3v) is 5.17. The molecule has 4 rings (SSSR count). The summed E-state index contributed by atoms with van der Waals surface area (Å²) in [6.45, 7) is 4.46. The molecule has 0 spiro atoms. The van der Waals surface area contributed by atoms with Crippen LogP contribution in [0.4, 0.5) is 5.95 Å². The SMILES string of the molecule is c1ccc(Oc2ccnc(N3CCC(C4CCNC4)CC3)n2)cc1. The molecule has 0 bridgehead atoms. The fourth-order valence-corrected chi connectivity index (χ4v) is 3.80. The Morgan fingerprint density at radius 3 is 2.58 bits per heavy atom. The van der Waals surface area contributed by atoms with Crippen molar-refractivity contribution in [1.29, 1.82) is 0 Å². The van der Waals surface area contributed by atoms with Crippen LogP contribution in [0.25, 0.3) is 0 Å². The van der Waals surface area contributed by atoms with Crippen molar-refractivity contribution >= 4 is 5.95 Å². The predicted molar refractivity (Wildman–Crippen MR) is 94.5 cm³/mol. The molecule has 0 radical (unpaired) electrons. The third kappa shape index (κ3) is 3.51. The molecule has 1 atom stereocenters. The molecule has 1 N–H and O–H groups in total. The van der Waals surface area contributed by atoms with E-state index in [0.29, 0.717) is 5.88 Å². The van der Waals surface area contributed by atoms with Crippen molar-refractivity contribution < 1.29 is 4.74 Å².